The second kappa shape index (κ2) is 6.09. The lowest BCUT2D eigenvalue weighted by Gasteiger charge is -2.35. The number of nitrogens with two attached hydrogens (primary N) is 1. The van der Waals surface area contributed by atoms with Crippen LogP contribution in [0.25, 0.3) is 0 Å². The lowest BCUT2D eigenvalue weighted by Crippen LogP contribution is -2.37. The van der Waals surface area contributed by atoms with E-state index in [1.165, 1.54) is 6.07 Å². The summed E-state index contributed by atoms with van der Waals surface area (Å²) in [6.45, 7) is 3.02. The van der Waals surface area contributed by atoms with Gasteiger partial charge in [0.25, 0.3) is 0 Å². The van der Waals surface area contributed by atoms with E-state index in [-0.39, 0.29) is 5.82 Å². The molecule has 1 saturated heterocycles. The molecule has 0 aliphatic carbocycles. The van der Waals surface area contributed by atoms with Crippen LogP contribution >= 0.6 is 15.9 Å². The average molecular weight is 330 g/mol. The van der Waals surface area contributed by atoms with E-state index >= 15 is 0 Å². The Bertz CT molecular complexity index is 443. The van der Waals surface area contributed by atoms with Gasteiger partial charge in [-0.3, -0.25) is 0 Å². The summed E-state index contributed by atoms with van der Waals surface area (Å²) < 4.78 is 14.1. The highest BCUT2D eigenvalue weighted by molar-refractivity contribution is 9.10. The zero-order valence-electron chi connectivity index (χ0n) is 11.5. The van der Waals surface area contributed by atoms with E-state index in [2.05, 4.69) is 39.8 Å². The number of rotatable bonds is 3. The van der Waals surface area contributed by atoms with Crippen LogP contribution in [-0.2, 0) is 0 Å². The third kappa shape index (κ3) is 3.60. The monoisotopic (exact) mass is 329 g/mol. The molecular formula is C14H21BrFN3. The molecule has 0 saturated carbocycles. The predicted molar refractivity (Wildman–Crippen MR) is 82.0 cm³/mol. The maximum Gasteiger partial charge on any atom is 0.139 e. The Kier molecular flexibility index (Phi) is 4.68. The number of benzene rings is 1. The predicted octanol–water partition coefficient (Wildman–Crippen LogP) is 2.95. The van der Waals surface area contributed by atoms with Crippen molar-refractivity contribution < 1.29 is 4.39 Å². The zero-order chi connectivity index (χ0) is 14.0. The Hall–Kier alpha value is -0.810. The molecule has 0 bridgehead atoms. The molecule has 0 radical (unpaired) electrons. The van der Waals surface area contributed by atoms with Crippen molar-refractivity contribution in [2.75, 3.05) is 44.4 Å². The third-order valence-electron chi connectivity index (χ3n) is 3.65. The molecule has 1 aromatic rings. The van der Waals surface area contributed by atoms with Crippen molar-refractivity contribution in [2.24, 2.45) is 5.92 Å². The topological polar surface area (TPSA) is 32.5 Å². The fourth-order valence-electron chi connectivity index (χ4n) is 2.70. The Balaban J connectivity index is 2.03. The number of nitrogen functional groups attached to an aromatic ring is 1. The van der Waals surface area contributed by atoms with Gasteiger partial charge in [-0.25, -0.2) is 4.39 Å². The molecule has 1 aliphatic heterocycles. The molecule has 0 unspecified atom stereocenters. The molecule has 19 heavy (non-hydrogen) atoms. The second-order valence-corrected chi connectivity index (χ2v) is 6.37. The van der Waals surface area contributed by atoms with E-state index < -0.39 is 0 Å². The molecule has 2 rings (SSSR count). The summed E-state index contributed by atoms with van der Waals surface area (Å²) >= 11 is 3.16. The van der Waals surface area contributed by atoms with Crippen molar-refractivity contribution in [3.05, 3.63) is 22.4 Å². The standard InChI is InChI=1S/C14H21BrFN3/c1-18(2)9-10-3-5-19(6-4-10)14-8-12(16)11(15)7-13(14)17/h7-8,10H,3-6,9,17H2,1-2H3. The molecule has 1 heterocycles. The van der Waals surface area contributed by atoms with Crippen LogP contribution in [0.1, 0.15) is 12.8 Å². The quantitative estimate of drug-likeness (QED) is 0.865. The summed E-state index contributed by atoms with van der Waals surface area (Å²) in [6.07, 6.45) is 2.27. The number of piperidine rings is 1. The Labute approximate surface area is 122 Å². The van der Waals surface area contributed by atoms with Gasteiger partial charge in [-0.05, 0) is 54.9 Å². The van der Waals surface area contributed by atoms with Crippen LogP contribution in [0.2, 0.25) is 0 Å². The van der Waals surface area contributed by atoms with E-state index in [1.54, 1.807) is 6.07 Å². The summed E-state index contributed by atoms with van der Waals surface area (Å²) in [5, 5.41) is 0. The second-order valence-electron chi connectivity index (χ2n) is 5.52. The first kappa shape index (κ1) is 14.6. The van der Waals surface area contributed by atoms with Gasteiger partial charge in [-0.1, -0.05) is 0 Å². The average Bonchev–Trinajstić information content (AvgIpc) is 2.34. The van der Waals surface area contributed by atoms with Gasteiger partial charge in [-0.2, -0.15) is 0 Å². The number of hydrogen-bond acceptors (Lipinski definition) is 3. The van der Waals surface area contributed by atoms with Crippen molar-refractivity contribution in [1.82, 2.24) is 4.90 Å². The zero-order valence-corrected chi connectivity index (χ0v) is 13.1. The third-order valence-corrected chi connectivity index (χ3v) is 4.26. The Morgan fingerprint density at radius 3 is 2.58 bits per heavy atom. The molecule has 1 fully saturated rings. The fourth-order valence-corrected chi connectivity index (χ4v) is 3.06. The lowest BCUT2D eigenvalue weighted by atomic mass is 9.96. The fraction of sp³-hybridized carbons (Fsp3) is 0.571. The van der Waals surface area contributed by atoms with Crippen molar-refractivity contribution in [2.45, 2.75) is 12.8 Å². The summed E-state index contributed by atoms with van der Waals surface area (Å²) in [6, 6.07) is 3.18. The van der Waals surface area contributed by atoms with Crippen LogP contribution in [0.15, 0.2) is 16.6 Å². The van der Waals surface area contributed by atoms with Crippen LogP contribution in [0, 0.1) is 11.7 Å². The van der Waals surface area contributed by atoms with Gasteiger partial charge in [0.15, 0.2) is 0 Å². The normalized spacial score (nSPS) is 17.2. The summed E-state index contributed by atoms with van der Waals surface area (Å²) in [4.78, 5) is 4.42. The smallest absolute Gasteiger partial charge is 0.139 e. The molecule has 1 aromatic carbocycles. The van der Waals surface area contributed by atoms with E-state index in [0.29, 0.717) is 10.2 Å². The van der Waals surface area contributed by atoms with E-state index in [9.17, 15) is 4.39 Å². The highest BCUT2D eigenvalue weighted by atomic mass is 79.9. The van der Waals surface area contributed by atoms with Gasteiger partial charge in [0.1, 0.15) is 5.82 Å². The molecule has 2 N–H and O–H groups in total. The number of nitrogens with zero attached hydrogens (tertiary/aromatic N) is 2. The van der Waals surface area contributed by atoms with Gasteiger partial charge < -0.3 is 15.5 Å². The number of halogens is 2. The van der Waals surface area contributed by atoms with Gasteiger partial charge in [-0.15, -0.1) is 0 Å². The molecule has 0 spiro atoms. The minimum Gasteiger partial charge on any atom is -0.397 e. The maximum absolute atomic E-state index is 13.6. The first-order valence-electron chi connectivity index (χ1n) is 6.61. The van der Waals surface area contributed by atoms with E-state index in [0.717, 1.165) is 44.1 Å². The highest BCUT2D eigenvalue weighted by Gasteiger charge is 2.21. The molecular weight excluding hydrogens is 309 g/mol. The number of hydrogen-bond donors (Lipinski definition) is 1. The first-order valence-corrected chi connectivity index (χ1v) is 7.41. The van der Waals surface area contributed by atoms with Gasteiger partial charge in [0.05, 0.1) is 15.8 Å². The molecule has 3 nitrogen and oxygen atoms in total. The molecule has 5 heteroatoms. The summed E-state index contributed by atoms with van der Waals surface area (Å²) in [5.41, 5.74) is 7.45. The van der Waals surface area contributed by atoms with Crippen LogP contribution in [-0.4, -0.2) is 38.6 Å². The van der Waals surface area contributed by atoms with Crippen LogP contribution < -0.4 is 10.6 Å². The molecule has 106 valence electrons. The number of anilines is 2. The lowest BCUT2D eigenvalue weighted by molar-refractivity contribution is 0.285. The Morgan fingerprint density at radius 1 is 1.37 bits per heavy atom. The maximum atomic E-state index is 13.6. The SMILES string of the molecule is CN(C)CC1CCN(c2cc(F)c(Br)cc2N)CC1. The largest absolute Gasteiger partial charge is 0.397 e. The van der Waals surface area contributed by atoms with Crippen molar-refractivity contribution in [3.8, 4) is 0 Å². The van der Waals surface area contributed by atoms with Gasteiger partial charge >= 0.3 is 0 Å². The van der Waals surface area contributed by atoms with Crippen LogP contribution in [0.3, 0.4) is 0 Å². The Morgan fingerprint density at radius 2 is 2.00 bits per heavy atom. The highest BCUT2D eigenvalue weighted by Crippen LogP contribution is 2.32. The molecule has 0 atom stereocenters. The minimum absolute atomic E-state index is 0.250. The summed E-state index contributed by atoms with van der Waals surface area (Å²) in [7, 11) is 4.21. The van der Waals surface area contributed by atoms with Crippen molar-refractivity contribution >= 4 is 27.3 Å². The molecule has 0 amide bonds. The van der Waals surface area contributed by atoms with Crippen LogP contribution in [0.4, 0.5) is 15.8 Å². The summed E-state index contributed by atoms with van der Waals surface area (Å²) in [5.74, 6) is 0.479. The van der Waals surface area contributed by atoms with Crippen molar-refractivity contribution in [1.29, 1.82) is 0 Å². The molecule has 0 aromatic heterocycles. The van der Waals surface area contributed by atoms with Gasteiger partial charge in [0, 0.05) is 25.7 Å². The molecule has 1 aliphatic rings. The van der Waals surface area contributed by atoms with Gasteiger partial charge in [0.2, 0.25) is 0 Å². The van der Waals surface area contributed by atoms with Crippen molar-refractivity contribution in [3.63, 3.8) is 0 Å². The minimum atomic E-state index is -0.250. The van der Waals surface area contributed by atoms with Crippen LogP contribution in [0.5, 0.6) is 0 Å². The van der Waals surface area contributed by atoms with E-state index in [1.807, 2.05) is 0 Å². The first-order chi connectivity index (χ1) is 8.97. The van der Waals surface area contributed by atoms with E-state index in [4.69, 9.17) is 5.73 Å².